The van der Waals surface area contributed by atoms with Crippen LogP contribution in [0.5, 0.6) is 0 Å². The molecule has 3 N–H and O–H groups in total. The first-order chi connectivity index (χ1) is 10.1. The number of nitrogens with two attached hydrogens (primary N) is 1. The maximum Gasteiger partial charge on any atom is 0.170 e. The van der Waals surface area contributed by atoms with Crippen LogP contribution in [-0.4, -0.2) is 20.6 Å². The van der Waals surface area contributed by atoms with Crippen molar-refractivity contribution in [3.63, 3.8) is 0 Å². The highest BCUT2D eigenvalue weighted by Crippen LogP contribution is 2.24. The molecule has 0 spiro atoms. The van der Waals surface area contributed by atoms with Gasteiger partial charge in [-0.05, 0) is 24.3 Å². The number of rotatable bonds is 2. The summed E-state index contributed by atoms with van der Waals surface area (Å²) in [4.78, 5) is 4.09. The van der Waals surface area contributed by atoms with Crippen LogP contribution in [0.3, 0.4) is 0 Å². The number of halogens is 2. The molecule has 2 aromatic carbocycles. The van der Waals surface area contributed by atoms with Crippen LogP contribution >= 0.6 is 0 Å². The first-order valence-electron chi connectivity index (χ1n) is 6.01. The maximum absolute atomic E-state index is 14.2. The summed E-state index contributed by atoms with van der Waals surface area (Å²) in [5.41, 5.74) is 6.23. The van der Waals surface area contributed by atoms with Gasteiger partial charge in [0.2, 0.25) is 0 Å². The fraction of sp³-hybridized carbons (Fsp3) is 0. The predicted molar refractivity (Wildman–Crippen MR) is 73.5 cm³/mol. The second kappa shape index (κ2) is 4.86. The van der Waals surface area contributed by atoms with Gasteiger partial charge >= 0.3 is 0 Å². The minimum absolute atomic E-state index is 0.0410. The summed E-state index contributed by atoms with van der Waals surface area (Å²) in [6, 6.07) is 8.99. The molecular formula is C14H10F2N4O. The van der Waals surface area contributed by atoms with Crippen LogP contribution in [0.15, 0.2) is 47.9 Å². The third-order valence-electron chi connectivity index (χ3n) is 3.11. The fourth-order valence-corrected chi connectivity index (χ4v) is 2.14. The summed E-state index contributed by atoms with van der Waals surface area (Å²) in [6.07, 6.45) is 1.34. The average molecular weight is 288 g/mol. The molecule has 0 radical (unpaired) electrons. The number of para-hydroxylation sites is 2. The van der Waals surface area contributed by atoms with E-state index in [-0.39, 0.29) is 17.1 Å². The molecule has 106 valence electrons. The van der Waals surface area contributed by atoms with Crippen LogP contribution < -0.4 is 5.73 Å². The third kappa shape index (κ3) is 2.08. The smallest absolute Gasteiger partial charge is 0.170 e. The molecule has 0 saturated carbocycles. The van der Waals surface area contributed by atoms with Gasteiger partial charge in [-0.2, -0.15) is 0 Å². The fourth-order valence-electron chi connectivity index (χ4n) is 2.14. The number of aromatic nitrogens is 2. The van der Waals surface area contributed by atoms with Crippen molar-refractivity contribution in [1.82, 2.24) is 9.55 Å². The van der Waals surface area contributed by atoms with Gasteiger partial charge in [0.15, 0.2) is 17.5 Å². The van der Waals surface area contributed by atoms with Gasteiger partial charge < -0.3 is 10.9 Å². The van der Waals surface area contributed by atoms with Crippen molar-refractivity contribution in [3.05, 3.63) is 59.9 Å². The van der Waals surface area contributed by atoms with Gasteiger partial charge in [0.25, 0.3) is 0 Å². The number of fused-ring (bicyclic) bond motifs is 1. The Morgan fingerprint density at radius 1 is 1.19 bits per heavy atom. The lowest BCUT2D eigenvalue weighted by Crippen LogP contribution is -2.15. The molecule has 0 aliphatic carbocycles. The summed E-state index contributed by atoms with van der Waals surface area (Å²) >= 11 is 0. The van der Waals surface area contributed by atoms with Crippen molar-refractivity contribution in [3.8, 4) is 5.69 Å². The van der Waals surface area contributed by atoms with Crippen LogP contribution in [0.2, 0.25) is 0 Å². The minimum atomic E-state index is -0.834. The maximum atomic E-state index is 14.2. The molecule has 3 rings (SSSR count). The number of oxime groups is 1. The molecule has 21 heavy (non-hydrogen) atoms. The number of nitrogens with zero attached hydrogens (tertiary/aromatic N) is 3. The zero-order valence-corrected chi connectivity index (χ0v) is 10.7. The van der Waals surface area contributed by atoms with E-state index in [4.69, 9.17) is 10.9 Å². The first kappa shape index (κ1) is 13.0. The molecule has 1 heterocycles. The first-order valence-corrected chi connectivity index (χ1v) is 6.01. The van der Waals surface area contributed by atoms with Gasteiger partial charge in [0, 0.05) is 5.56 Å². The minimum Gasteiger partial charge on any atom is -0.409 e. The molecule has 0 atom stereocenters. The van der Waals surface area contributed by atoms with E-state index in [0.29, 0.717) is 11.0 Å². The molecule has 5 nitrogen and oxygen atoms in total. The van der Waals surface area contributed by atoms with Crippen LogP contribution in [0, 0.1) is 11.6 Å². The standard InChI is InChI=1S/C14H10F2N4O/c15-9-5-8(14(17)19-21)6-10(16)13(9)20-7-18-11-3-1-2-4-12(11)20/h1-7,21H,(H2,17,19). The predicted octanol–water partition coefficient (Wildman–Crippen LogP) is 2.40. The quantitative estimate of drug-likeness (QED) is 0.329. The van der Waals surface area contributed by atoms with E-state index < -0.39 is 11.6 Å². The molecule has 7 heteroatoms. The summed E-state index contributed by atoms with van der Waals surface area (Å²) in [5.74, 6) is -2.03. The van der Waals surface area contributed by atoms with E-state index in [1.54, 1.807) is 24.3 Å². The summed E-state index contributed by atoms with van der Waals surface area (Å²) < 4.78 is 29.8. The van der Waals surface area contributed by atoms with Crippen molar-refractivity contribution in [1.29, 1.82) is 0 Å². The Labute approximate surface area is 117 Å². The SMILES string of the molecule is N/C(=N/O)c1cc(F)c(-n2cnc3ccccc32)c(F)c1. The van der Waals surface area contributed by atoms with Gasteiger partial charge in [0.1, 0.15) is 12.0 Å². The second-order valence-corrected chi connectivity index (χ2v) is 4.38. The highest BCUT2D eigenvalue weighted by atomic mass is 19.1. The van der Waals surface area contributed by atoms with Gasteiger partial charge in [0.05, 0.1) is 11.0 Å². The topological polar surface area (TPSA) is 76.4 Å². The van der Waals surface area contributed by atoms with E-state index in [0.717, 1.165) is 12.1 Å². The lowest BCUT2D eigenvalue weighted by atomic mass is 10.1. The molecule has 0 saturated heterocycles. The van der Waals surface area contributed by atoms with Crippen molar-refractivity contribution < 1.29 is 14.0 Å². The molecule has 0 amide bonds. The Balaban J connectivity index is 2.24. The summed E-state index contributed by atoms with van der Waals surface area (Å²) in [5, 5.41) is 11.3. The van der Waals surface area contributed by atoms with Crippen LogP contribution in [0.1, 0.15) is 5.56 Å². The number of imidazole rings is 1. The Hall–Kier alpha value is -2.96. The number of benzene rings is 2. The van der Waals surface area contributed by atoms with E-state index >= 15 is 0 Å². The van der Waals surface area contributed by atoms with Crippen molar-refractivity contribution in [2.45, 2.75) is 0 Å². The second-order valence-electron chi connectivity index (χ2n) is 4.38. The molecule has 0 fully saturated rings. The molecular weight excluding hydrogens is 278 g/mol. The largest absolute Gasteiger partial charge is 0.409 e. The molecule has 0 unspecified atom stereocenters. The van der Waals surface area contributed by atoms with Crippen molar-refractivity contribution in [2.24, 2.45) is 10.9 Å². The zero-order valence-electron chi connectivity index (χ0n) is 10.7. The van der Waals surface area contributed by atoms with Gasteiger partial charge in [-0.25, -0.2) is 13.8 Å². The number of amidine groups is 1. The molecule has 3 aromatic rings. The molecule has 0 aliphatic rings. The summed E-state index contributed by atoms with van der Waals surface area (Å²) in [7, 11) is 0. The molecule has 0 aliphatic heterocycles. The lowest BCUT2D eigenvalue weighted by Gasteiger charge is -2.09. The lowest BCUT2D eigenvalue weighted by molar-refractivity contribution is 0.318. The number of hydrogen-bond acceptors (Lipinski definition) is 3. The van der Waals surface area contributed by atoms with E-state index in [2.05, 4.69) is 10.1 Å². The Kier molecular flexibility index (Phi) is 3.02. The van der Waals surface area contributed by atoms with E-state index in [1.165, 1.54) is 10.9 Å². The van der Waals surface area contributed by atoms with E-state index in [9.17, 15) is 8.78 Å². The Bertz CT molecular complexity index is 834. The van der Waals surface area contributed by atoms with E-state index in [1.807, 2.05) is 0 Å². The molecule has 1 aromatic heterocycles. The highest BCUT2D eigenvalue weighted by Gasteiger charge is 2.16. The average Bonchev–Trinajstić information content (AvgIpc) is 2.90. The van der Waals surface area contributed by atoms with Crippen molar-refractivity contribution >= 4 is 16.9 Å². The van der Waals surface area contributed by atoms with Gasteiger partial charge in [-0.3, -0.25) is 4.57 Å². The third-order valence-corrected chi connectivity index (χ3v) is 3.11. The Morgan fingerprint density at radius 3 is 2.52 bits per heavy atom. The van der Waals surface area contributed by atoms with Crippen LogP contribution in [0.4, 0.5) is 8.78 Å². The molecule has 0 bridgehead atoms. The normalized spacial score (nSPS) is 12.0. The number of hydrogen-bond donors (Lipinski definition) is 2. The van der Waals surface area contributed by atoms with Gasteiger partial charge in [-0.15, -0.1) is 0 Å². The van der Waals surface area contributed by atoms with Gasteiger partial charge in [-0.1, -0.05) is 17.3 Å². The van der Waals surface area contributed by atoms with Crippen molar-refractivity contribution in [2.75, 3.05) is 0 Å². The Morgan fingerprint density at radius 2 is 1.86 bits per heavy atom. The highest BCUT2D eigenvalue weighted by molar-refractivity contribution is 5.97. The zero-order chi connectivity index (χ0) is 15.0. The van der Waals surface area contributed by atoms with Crippen LogP contribution in [-0.2, 0) is 0 Å². The summed E-state index contributed by atoms with van der Waals surface area (Å²) in [6.45, 7) is 0. The van der Waals surface area contributed by atoms with Crippen LogP contribution in [0.25, 0.3) is 16.7 Å². The monoisotopic (exact) mass is 288 g/mol.